The molecule has 0 aliphatic heterocycles. The molecule has 2 aromatic rings. The van der Waals surface area contributed by atoms with Gasteiger partial charge in [0.05, 0.1) is 18.7 Å². The van der Waals surface area contributed by atoms with Crippen LogP contribution in [0.5, 0.6) is 0 Å². The van der Waals surface area contributed by atoms with E-state index in [0.29, 0.717) is 5.56 Å². The molecule has 2 rings (SSSR count). The number of rotatable bonds is 6. The molecular weight excluding hydrogens is 370 g/mol. The minimum atomic E-state index is -4.87. The number of nitrogens with one attached hydrogen (secondary N) is 1. The lowest BCUT2D eigenvalue weighted by Gasteiger charge is -2.08. The molecule has 1 amide bonds. The van der Waals surface area contributed by atoms with Crippen molar-refractivity contribution in [2.45, 2.75) is 26.6 Å². The number of ether oxygens (including phenoxy) is 1. The van der Waals surface area contributed by atoms with Crippen LogP contribution in [-0.2, 0) is 22.3 Å². The van der Waals surface area contributed by atoms with Crippen LogP contribution in [0.3, 0.4) is 0 Å². The second kappa shape index (κ2) is 8.19. The van der Waals surface area contributed by atoms with Crippen LogP contribution in [0.15, 0.2) is 24.3 Å². The summed E-state index contributed by atoms with van der Waals surface area (Å²) in [5, 5.41) is 5.61. The number of hydrogen-bond donors (Lipinski definition) is 1. The summed E-state index contributed by atoms with van der Waals surface area (Å²) in [6.45, 7) is 2.31. The third-order valence-corrected chi connectivity index (χ3v) is 3.65. The molecule has 0 radical (unpaired) electrons. The highest BCUT2D eigenvalue weighted by atomic mass is 19.4. The Labute approximate surface area is 152 Å². The second-order valence-electron chi connectivity index (χ2n) is 5.58. The molecule has 0 spiro atoms. The third-order valence-electron chi connectivity index (χ3n) is 3.65. The van der Waals surface area contributed by atoms with Crippen molar-refractivity contribution in [2.24, 2.45) is 0 Å². The molecular formula is C17H17F4N3O3. The summed E-state index contributed by atoms with van der Waals surface area (Å²) in [6, 6.07) is 5.16. The summed E-state index contributed by atoms with van der Waals surface area (Å²) in [7, 11) is 0. The summed E-state index contributed by atoms with van der Waals surface area (Å²) < 4.78 is 58.6. The zero-order valence-corrected chi connectivity index (χ0v) is 14.6. The Morgan fingerprint density at radius 3 is 2.41 bits per heavy atom. The van der Waals surface area contributed by atoms with Gasteiger partial charge in [-0.3, -0.25) is 14.3 Å². The number of amides is 1. The van der Waals surface area contributed by atoms with E-state index in [-0.39, 0.29) is 18.8 Å². The fourth-order valence-electron chi connectivity index (χ4n) is 2.39. The lowest BCUT2D eigenvalue weighted by molar-refractivity contribution is -0.142. The van der Waals surface area contributed by atoms with E-state index in [1.165, 1.54) is 31.2 Å². The molecule has 0 aliphatic carbocycles. The quantitative estimate of drug-likeness (QED) is 0.611. The van der Waals surface area contributed by atoms with Crippen LogP contribution in [-0.4, -0.2) is 34.8 Å². The van der Waals surface area contributed by atoms with Gasteiger partial charge >= 0.3 is 12.1 Å². The molecule has 1 N–H and O–H groups in total. The van der Waals surface area contributed by atoms with E-state index < -0.39 is 41.7 Å². The molecule has 0 aliphatic rings. The molecule has 1 aromatic heterocycles. The van der Waals surface area contributed by atoms with Gasteiger partial charge in [0.15, 0.2) is 5.69 Å². The SMILES string of the molecule is CCOC(=O)CNC(=O)c1c(C(F)(F)F)nn(Cc2ccc(F)cc2)c1C. The molecule has 0 unspecified atom stereocenters. The van der Waals surface area contributed by atoms with Gasteiger partial charge in [-0.25, -0.2) is 4.39 Å². The molecule has 1 heterocycles. The first-order chi connectivity index (χ1) is 12.6. The maximum absolute atomic E-state index is 13.3. The van der Waals surface area contributed by atoms with E-state index in [0.717, 1.165) is 4.68 Å². The summed E-state index contributed by atoms with van der Waals surface area (Å²) in [5.74, 6) is -2.33. The van der Waals surface area contributed by atoms with Crippen LogP contribution in [0.4, 0.5) is 17.6 Å². The molecule has 0 bridgehead atoms. The Balaban J connectivity index is 2.32. The van der Waals surface area contributed by atoms with Gasteiger partial charge in [-0.2, -0.15) is 18.3 Å². The van der Waals surface area contributed by atoms with E-state index in [2.05, 4.69) is 15.2 Å². The van der Waals surface area contributed by atoms with Gasteiger partial charge < -0.3 is 10.1 Å². The van der Waals surface area contributed by atoms with Gasteiger partial charge in [0.1, 0.15) is 12.4 Å². The van der Waals surface area contributed by atoms with Crippen molar-refractivity contribution in [3.05, 3.63) is 52.6 Å². The van der Waals surface area contributed by atoms with Crippen molar-refractivity contribution in [1.82, 2.24) is 15.1 Å². The first kappa shape index (κ1) is 20.4. The first-order valence-corrected chi connectivity index (χ1v) is 7.96. The molecule has 0 saturated heterocycles. The summed E-state index contributed by atoms with van der Waals surface area (Å²) in [5.41, 5.74) is -1.56. The smallest absolute Gasteiger partial charge is 0.435 e. The van der Waals surface area contributed by atoms with Gasteiger partial charge in [-0.05, 0) is 31.5 Å². The molecule has 10 heteroatoms. The minimum Gasteiger partial charge on any atom is -0.465 e. The lowest BCUT2D eigenvalue weighted by Crippen LogP contribution is -2.32. The van der Waals surface area contributed by atoms with Gasteiger partial charge in [0, 0.05) is 5.69 Å². The van der Waals surface area contributed by atoms with Crippen LogP contribution in [0, 0.1) is 12.7 Å². The normalized spacial score (nSPS) is 11.3. The third kappa shape index (κ3) is 5.05. The van der Waals surface area contributed by atoms with Gasteiger partial charge in [-0.1, -0.05) is 12.1 Å². The molecule has 0 atom stereocenters. The van der Waals surface area contributed by atoms with E-state index in [1.807, 2.05) is 0 Å². The largest absolute Gasteiger partial charge is 0.465 e. The summed E-state index contributed by atoms with van der Waals surface area (Å²) in [6.07, 6.45) is -4.87. The average Bonchev–Trinajstić information content (AvgIpc) is 2.92. The second-order valence-corrected chi connectivity index (χ2v) is 5.58. The lowest BCUT2D eigenvalue weighted by atomic mass is 10.1. The van der Waals surface area contributed by atoms with E-state index in [1.54, 1.807) is 6.92 Å². The van der Waals surface area contributed by atoms with Crippen molar-refractivity contribution in [2.75, 3.05) is 13.2 Å². The summed E-state index contributed by atoms with van der Waals surface area (Å²) in [4.78, 5) is 23.5. The average molecular weight is 387 g/mol. The van der Waals surface area contributed by atoms with Crippen molar-refractivity contribution >= 4 is 11.9 Å². The predicted molar refractivity (Wildman–Crippen MR) is 86.4 cm³/mol. The molecule has 27 heavy (non-hydrogen) atoms. The Morgan fingerprint density at radius 1 is 1.22 bits per heavy atom. The fourth-order valence-corrected chi connectivity index (χ4v) is 2.39. The Morgan fingerprint density at radius 2 is 1.85 bits per heavy atom. The monoisotopic (exact) mass is 387 g/mol. The van der Waals surface area contributed by atoms with E-state index >= 15 is 0 Å². The molecule has 1 aromatic carbocycles. The van der Waals surface area contributed by atoms with Crippen LogP contribution in [0.1, 0.15) is 34.2 Å². The number of alkyl halides is 3. The highest BCUT2D eigenvalue weighted by molar-refractivity contribution is 5.98. The summed E-state index contributed by atoms with van der Waals surface area (Å²) >= 11 is 0. The first-order valence-electron chi connectivity index (χ1n) is 7.96. The zero-order valence-electron chi connectivity index (χ0n) is 14.6. The Bertz CT molecular complexity index is 829. The van der Waals surface area contributed by atoms with Gasteiger partial charge in [-0.15, -0.1) is 0 Å². The van der Waals surface area contributed by atoms with Crippen LogP contribution in [0.2, 0.25) is 0 Å². The predicted octanol–water partition coefficient (Wildman–Crippen LogP) is 2.69. The van der Waals surface area contributed by atoms with Gasteiger partial charge in [0.25, 0.3) is 5.91 Å². The number of carbonyl (C=O) groups excluding carboxylic acids is 2. The maximum atomic E-state index is 13.3. The van der Waals surface area contributed by atoms with Crippen molar-refractivity contribution in [1.29, 1.82) is 0 Å². The van der Waals surface area contributed by atoms with Crippen LogP contribution >= 0.6 is 0 Å². The number of hydrogen-bond acceptors (Lipinski definition) is 4. The number of halogens is 4. The fraction of sp³-hybridized carbons (Fsp3) is 0.353. The zero-order chi connectivity index (χ0) is 20.2. The standard InChI is InChI=1S/C17H17F4N3O3/c1-3-27-13(25)8-22-16(26)14-10(2)24(23-15(14)17(19,20)21)9-11-4-6-12(18)7-5-11/h4-7H,3,8-9H2,1-2H3,(H,22,26). The Hall–Kier alpha value is -2.91. The number of esters is 1. The van der Waals surface area contributed by atoms with Crippen LogP contribution < -0.4 is 5.32 Å². The molecule has 6 nitrogen and oxygen atoms in total. The van der Waals surface area contributed by atoms with Crippen molar-refractivity contribution < 1.29 is 31.9 Å². The number of benzene rings is 1. The maximum Gasteiger partial charge on any atom is 0.435 e. The van der Waals surface area contributed by atoms with Crippen molar-refractivity contribution in [3.8, 4) is 0 Å². The number of carbonyl (C=O) groups is 2. The van der Waals surface area contributed by atoms with Crippen LogP contribution in [0.25, 0.3) is 0 Å². The van der Waals surface area contributed by atoms with Crippen molar-refractivity contribution in [3.63, 3.8) is 0 Å². The van der Waals surface area contributed by atoms with E-state index in [4.69, 9.17) is 0 Å². The van der Waals surface area contributed by atoms with E-state index in [9.17, 15) is 27.2 Å². The topological polar surface area (TPSA) is 73.2 Å². The number of aromatic nitrogens is 2. The molecule has 146 valence electrons. The number of nitrogens with zero attached hydrogens (tertiary/aromatic N) is 2. The minimum absolute atomic E-state index is 0.0343. The highest BCUT2D eigenvalue weighted by Crippen LogP contribution is 2.32. The van der Waals surface area contributed by atoms with Gasteiger partial charge in [0.2, 0.25) is 0 Å². The Kier molecular flexibility index (Phi) is 6.19. The highest BCUT2D eigenvalue weighted by Gasteiger charge is 2.40. The molecule has 0 saturated carbocycles. The molecule has 0 fully saturated rings.